The zero-order valence-electron chi connectivity index (χ0n) is 7.50. The van der Waals surface area contributed by atoms with Gasteiger partial charge in [0.25, 0.3) is 0 Å². The van der Waals surface area contributed by atoms with E-state index in [2.05, 4.69) is 0 Å². The van der Waals surface area contributed by atoms with E-state index in [4.69, 9.17) is 15.3 Å². The number of allylic oxidation sites excluding steroid dienone is 1. The number of hydrogen-bond donors (Lipinski definition) is 0. The summed E-state index contributed by atoms with van der Waals surface area (Å²) in [7, 11) is 0. The summed E-state index contributed by atoms with van der Waals surface area (Å²) < 4.78 is 0. The minimum Gasteiger partial charge on any atom is -0.356 e. The maximum absolute atomic E-state index is 9.89. The Morgan fingerprint density at radius 2 is 1.60 bits per heavy atom. The second kappa shape index (κ2) is 10.6. The molecule has 0 radical (unpaired) electrons. The van der Waals surface area contributed by atoms with E-state index in [0.29, 0.717) is 0 Å². The van der Waals surface area contributed by atoms with E-state index in [-0.39, 0.29) is 22.4 Å². The summed E-state index contributed by atoms with van der Waals surface area (Å²) in [5.74, 6) is 0. The van der Waals surface area contributed by atoms with Gasteiger partial charge in [-0.1, -0.05) is 36.4 Å². The van der Waals surface area contributed by atoms with Crippen molar-refractivity contribution in [3.05, 3.63) is 57.3 Å². The Labute approximate surface area is 102 Å². The van der Waals surface area contributed by atoms with Crippen LogP contribution in [-0.2, 0) is 27.2 Å². The maximum Gasteiger partial charge on any atom is 1.00 e. The third-order valence-electron chi connectivity index (χ3n) is 1.17. The van der Waals surface area contributed by atoms with Gasteiger partial charge in [0.1, 0.15) is 6.29 Å². The predicted octanol–water partition coefficient (Wildman–Crippen LogP) is 1.66. The molecule has 84 valence electrons. The number of carbonyl (C=O) groups is 1. The van der Waals surface area contributed by atoms with Gasteiger partial charge in [-0.15, -0.1) is 0 Å². The van der Waals surface area contributed by atoms with E-state index >= 15 is 0 Å². The van der Waals surface area contributed by atoms with E-state index in [1.165, 1.54) is 6.08 Å². The zero-order chi connectivity index (χ0) is 10.8. The largest absolute Gasteiger partial charge is 1.00 e. The molecular weight excluding hydrogens is 294 g/mol. The van der Waals surface area contributed by atoms with Gasteiger partial charge in [0, 0.05) is 0 Å². The first kappa shape index (κ1) is 16.0. The van der Waals surface area contributed by atoms with E-state index in [1.807, 2.05) is 30.3 Å². The second-order valence-electron chi connectivity index (χ2n) is 2.13. The maximum atomic E-state index is 9.89. The van der Waals surface area contributed by atoms with Gasteiger partial charge in [0.2, 0.25) is 0 Å². The molecular formula is C9H8AgNO4. The molecule has 0 saturated heterocycles. The molecule has 0 N–H and O–H groups in total. The molecule has 15 heavy (non-hydrogen) atoms. The average molecular weight is 302 g/mol. The Kier molecular flexibility index (Phi) is 11.4. The molecule has 0 saturated carbocycles. The van der Waals surface area contributed by atoms with Crippen LogP contribution in [0.4, 0.5) is 0 Å². The molecule has 0 atom stereocenters. The van der Waals surface area contributed by atoms with Crippen LogP contribution < -0.4 is 0 Å². The second-order valence-corrected chi connectivity index (χ2v) is 2.13. The monoisotopic (exact) mass is 301 g/mol. The molecule has 0 aliphatic heterocycles. The molecule has 1 aromatic carbocycles. The third kappa shape index (κ3) is 12.6. The fourth-order valence-electron chi connectivity index (χ4n) is 0.715. The average Bonchev–Trinajstić information content (AvgIpc) is 2.15. The van der Waals surface area contributed by atoms with Crippen molar-refractivity contribution in [3.63, 3.8) is 0 Å². The number of nitrogens with zero attached hydrogens (tertiary/aromatic N) is 1. The van der Waals surface area contributed by atoms with Crippen LogP contribution >= 0.6 is 0 Å². The first-order valence-corrected chi connectivity index (χ1v) is 3.65. The SMILES string of the molecule is O=CC=Cc1ccccc1.O=[N+]([O-])[O-].[Ag+]. The number of benzene rings is 1. The van der Waals surface area contributed by atoms with Gasteiger partial charge >= 0.3 is 22.4 Å². The first-order chi connectivity index (χ1) is 6.66. The molecule has 0 aliphatic rings. The van der Waals surface area contributed by atoms with Crippen LogP contribution in [0.5, 0.6) is 0 Å². The zero-order valence-corrected chi connectivity index (χ0v) is 8.98. The Bertz CT molecular complexity index is 309. The quantitative estimate of drug-likeness (QED) is 0.273. The van der Waals surface area contributed by atoms with E-state index < -0.39 is 5.09 Å². The van der Waals surface area contributed by atoms with Crippen LogP contribution in [0.15, 0.2) is 36.4 Å². The van der Waals surface area contributed by atoms with Gasteiger partial charge in [-0.2, -0.15) is 0 Å². The number of aldehydes is 1. The van der Waals surface area contributed by atoms with Crippen LogP contribution in [0.2, 0.25) is 0 Å². The van der Waals surface area contributed by atoms with E-state index in [1.54, 1.807) is 6.08 Å². The van der Waals surface area contributed by atoms with Crippen molar-refractivity contribution >= 4 is 12.4 Å². The normalized spacial score (nSPS) is 8.27. The van der Waals surface area contributed by atoms with Gasteiger partial charge in [0.05, 0.1) is 5.09 Å². The molecule has 6 heteroatoms. The van der Waals surface area contributed by atoms with Crippen LogP contribution in [0.3, 0.4) is 0 Å². The van der Waals surface area contributed by atoms with Gasteiger partial charge in [-0.05, 0) is 11.6 Å². The Morgan fingerprint density at radius 3 is 2.00 bits per heavy atom. The van der Waals surface area contributed by atoms with Crippen molar-refractivity contribution in [2.75, 3.05) is 0 Å². The molecule has 0 aromatic heterocycles. The fourth-order valence-corrected chi connectivity index (χ4v) is 0.715. The summed E-state index contributed by atoms with van der Waals surface area (Å²) in [4.78, 5) is 18.1. The minimum atomic E-state index is -1.75. The smallest absolute Gasteiger partial charge is 0.356 e. The van der Waals surface area contributed by atoms with Crippen LogP contribution in [0.25, 0.3) is 6.08 Å². The van der Waals surface area contributed by atoms with Crippen LogP contribution in [0.1, 0.15) is 5.56 Å². The van der Waals surface area contributed by atoms with Gasteiger partial charge in [-0.3, -0.25) is 4.79 Å². The summed E-state index contributed by atoms with van der Waals surface area (Å²) in [5, 5.41) is 14.8. The summed E-state index contributed by atoms with van der Waals surface area (Å²) >= 11 is 0. The number of hydrogen-bond acceptors (Lipinski definition) is 4. The Balaban J connectivity index is 0. The van der Waals surface area contributed by atoms with Gasteiger partial charge in [-0.25, -0.2) is 0 Å². The molecule has 0 aliphatic carbocycles. The fraction of sp³-hybridized carbons (Fsp3) is 0. The molecule has 1 rings (SSSR count). The van der Waals surface area contributed by atoms with E-state index in [0.717, 1.165) is 11.8 Å². The van der Waals surface area contributed by atoms with Crippen molar-refractivity contribution in [2.24, 2.45) is 0 Å². The van der Waals surface area contributed by atoms with E-state index in [9.17, 15) is 4.79 Å². The molecule has 5 nitrogen and oxygen atoms in total. The number of carbonyl (C=O) groups excluding carboxylic acids is 1. The Morgan fingerprint density at radius 1 is 1.13 bits per heavy atom. The van der Waals surface area contributed by atoms with Gasteiger partial charge < -0.3 is 15.3 Å². The standard InChI is InChI=1S/C9H8O.Ag.NO3/c10-8-4-7-9-5-2-1-3-6-9;;2-1(3)4/h1-8H;;/q;+1;-1. The first-order valence-electron chi connectivity index (χ1n) is 3.65. The summed E-state index contributed by atoms with van der Waals surface area (Å²) in [6, 6.07) is 9.70. The van der Waals surface area contributed by atoms with Crippen molar-refractivity contribution in [3.8, 4) is 0 Å². The van der Waals surface area contributed by atoms with Crippen LogP contribution in [-0.4, -0.2) is 11.4 Å². The summed E-state index contributed by atoms with van der Waals surface area (Å²) in [6.07, 6.45) is 4.02. The molecule has 0 amide bonds. The van der Waals surface area contributed by atoms with Crippen molar-refractivity contribution in [1.29, 1.82) is 0 Å². The molecule has 0 fully saturated rings. The number of rotatable bonds is 2. The van der Waals surface area contributed by atoms with Crippen LogP contribution in [0, 0.1) is 15.3 Å². The molecule has 0 bridgehead atoms. The van der Waals surface area contributed by atoms with Crippen molar-refractivity contribution < 1.29 is 32.3 Å². The van der Waals surface area contributed by atoms with Gasteiger partial charge in [0.15, 0.2) is 0 Å². The topological polar surface area (TPSA) is 83.3 Å². The van der Waals surface area contributed by atoms with Crippen molar-refractivity contribution in [2.45, 2.75) is 0 Å². The predicted molar refractivity (Wildman–Crippen MR) is 51.9 cm³/mol. The summed E-state index contributed by atoms with van der Waals surface area (Å²) in [6.45, 7) is 0. The molecule has 0 unspecified atom stereocenters. The van der Waals surface area contributed by atoms with Crippen molar-refractivity contribution in [1.82, 2.24) is 0 Å². The molecule has 0 heterocycles. The Hall–Kier alpha value is -1.43. The minimum absolute atomic E-state index is 0. The molecule has 0 spiro atoms. The molecule has 1 aromatic rings. The summed E-state index contributed by atoms with van der Waals surface area (Å²) in [5.41, 5.74) is 1.05. The third-order valence-corrected chi connectivity index (χ3v) is 1.17.